The second-order valence-electron chi connectivity index (χ2n) is 6.50. The van der Waals surface area contributed by atoms with Crippen LogP contribution >= 0.6 is 0 Å². The van der Waals surface area contributed by atoms with Gasteiger partial charge >= 0.3 is 6.09 Å². The average molecular weight is 369 g/mol. The Labute approximate surface area is 157 Å². The number of nitrogens with two attached hydrogens (primary N) is 1. The zero-order valence-electron chi connectivity index (χ0n) is 15.4. The second kappa shape index (κ2) is 8.13. The van der Waals surface area contributed by atoms with Crippen molar-refractivity contribution in [3.63, 3.8) is 0 Å². The van der Waals surface area contributed by atoms with Crippen molar-refractivity contribution in [1.82, 2.24) is 9.97 Å². The van der Waals surface area contributed by atoms with Crippen molar-refractivity contribution < 1.29 is 14.3 Å². The third-order valence-corrected chi connectivity index (χ3v) is 4.41. The van der Waals surface area contributed by atoms with Crippen molar-refractivity contribution in [2.75, 3.05) is 17.7 Å². The van der Waals surface area contributed by atoms with Crippen LogP contribution < -0.4 is 16.4 Å². The third kappa shape index (κ3) is 4.59. The van der Waals surface area contributed by atoms with Gasteiger partial charge in [-0.2, -0.15) is 0 Å². The predicted octanol–water partition coefficient (Wildman–Crippen LogP) is 3.14. The van der Waals surface area contributed by atoms with Crippen LogP contribution in [-0.2, 0) is 9.53 Å². The summed E-state index contributed by atoms with van der Waals surface area (Å²) in [5.74, 6) is 0.524. The van der Waals surface area contributed by atoms with E-state index in [-0.39, 0.29) is 11.9 Å². The Bertz CT molecular complexity index is 868. The molecule has 2 heterocycles. The molecular formula is C19H23N5O3. The highest BCUT2D eigenvalue weighted by Gasteiger charge is 2.17. The van der Waals surface area contributed by atoms with Gasteiger partial charge in [0.1, 0.15) is 5.82 Å². The lowest BCUT2D eigenvalue weighted by Crippen LogP contribution is -2.17. The van der Waals surface area contributed by atoms with Crippen LogP contribution in [0.2, 0.25) is 0 Å². The minimum Gasteiger partial charge on any atom is -0.453 e. The van der Waals surface area contributed by atoms with Gasteiger partial charge in [-0.05, 0) is 44.0 Å². The van der Waals surface area contributed by atoms with E-state index in [1.807, 2.05) is 13.0 Å². The summed E-state index contributed by atoms with van der Waals surface area (Å²) < 4.78 is 4.62. The normalized spacial score (nSPS) is 17.0. The van der Waals surface area contributed by atoms with Crippen molar-refractivity contribution in [1.29, 1.82) is 0 Å². The predicted molar refractivity (Wildman–Crippen MR) is 102 cm³/mol. The van der Waals surface area contributed by atoms with Gasteiger partial charge in [-0.3, -0.25) is 10.1 Å². The van der Waals surface area contributed by atoms with Crippen LogP contribution in [0.3, 0.4) is 0 Å². The lowest BCUT2D eigenvalue weighted by molar-refractivity contribution is -0.116. The van der Waals surface area contributed by atoms with E-state index in [4.69, 9.17) is 5.73 Å². The van der Waals surface area contributed by atoms with E-state index in [1.54, 1.807) is 18.2 Å². The van der Waals surface area contributed by atoms with Crippen molar-refractivity contribution >= 4 is 23.4 Å². The fourth-order valence-electron chi connectivity index (χ4n) is 3.05. The largest absolute Gasteiger partial charge is 0.453 e. The number of carbonyl (C=O) groups is 2. The molecule has 1 aliphatic rings. The highest BCUT2D eigenvalue weighted by atomic mass is 16.5. The summed E-state index contributed by atoms with van der Waals surface area (Å²) in [6.07, 6.45) is 2.16. The highest BCUT2D eigenvalue weighted by Crippen LogP contribution is 2.32. The number of rotatable bonds is 1. The van der Waals surface area contributed by atoms with E-state index >= 15 is 0 Å². The van der Waals surface area contributed by atoms with Crippen LogP contribution in [0, 0.1) is 6.92 Å². The third-order valence-electron chi connectivity index (χ3n) is 4.41. The van der Waals surface area contributed by atoms with Crippen LogP contribution in [0.4, 0.5) is 16.2 Å². The Morgan fingerprint density at radius 3 is 2.89 bits per heavy atom. The number of hydrogen-bond donors (Lipinski definition) is 3. The standard InChI is InChI=1S/C19H23N5O3/c1-11-21-16-10-17(22-11)14(20)5-3-4-6-18(25)24-15-9-12(7-8-13(15)16)23-19(26)27-2/h7-10,14H,3-6,20H2,1-2H3,(H,23,26)(H,24,25). The number of benzene rings is 1. The van der Waals surface area contributed by atoms with Gasteiger partial charge in [-0.15, -0.1) is 0 Å². The number of methoxy groups -OCH3 is 1. The molecule has 27 heavy (non-hydrogen) atoms. The van der Waals surface area contributed by atoms with Gasteiger partial charge in [0.15, 0.2) is 0 Å². The maximum atomic E-state index is 12.3. The Hall–Kier alpha value is -3.00. The first kappa shape index (κ1) is 18.8. The Morgan fingerprint density at radius 2 is 2.11 bits per heavy atom. The van der Waals surface area contributed by atoms with Gasteiger partial charge in [-0.1, -0.05) is 6.42 Å². The molecule has 8 heteroatoms. The molecule has 4 N–H and O–H groups in total. The van der Waals surface area contributed by atoms with Gasteiger partial charge in [-0.25, -0.2) is 14.8 Å². The molecular weight excluding hydrogens is 346 g/mol. The first-order valence-electron chi connectivity index (χ1n) is 8.86. The first-order valence-corrected chi connectivity index (χ1v) is 8.86. The molecule has 1 aliphatic heterocycles. The number of anilines is 2. The summed E-state index contributed by atoms with van der Waals surface area (Å²) in [6, 6.07) is 6.87. The van der Waals surface area contributed by atoms with E-state index in [2.05, 4.69) is 25.3 Å². The molecule has 3 rings (SSSR count). The quantitative estimate of drug-likeness (QED) is 0.710. The fraction of sp³-hybridized carbons (Fsp3) is 0.368. The number of aromatic nitrogens is 2. The Balaban J connectivity index is 2.09. The topological polar surface area (TPSA) is 119 Å². The Kier molecular flexibility index (Phi) is 5.66. The second-order valence-corrected chi connectivity index (χ2v) is 6.50. The molecule has 1 aromatic heterocycles. The number of hydrogen-bond acceptors (Lipinski definition) is 6. The maximum Gasteiger partial charge on any atom is 0.411 e. The smallest absolute Gasteiger partial charge is 0.411 e. The number of nitrogens with zero attached hydrogens (tertiary/aromatic N) is 2. The SMILES string of the molecule is COC(=O)Nc1ccc2c(c1)NC(=O)CCCCC(N)c1cc-2nc(C)n1. The van der Waals surface area contributed by atoms with E-state index in [9.17, 15) is 9.59 Å². The number of ether oxygens (including phenoxy) is 1. The van der Waals surface area contributed by atoms with Crippen LogP contribution in [0.5, 0.6) is 0 Å². The molecule has 2 aromatic rings. The molecule has 142 valence electrons. The van der Waals surface area contributed by atoms with Gasteiger partial charge in [0.2, 0.25) is 5.91 Å². The molecule has 1 atom stereocenters. The van der Waals surface area contributed by atoms with Gasteiger partial charge in [0.25, 0.3) is 0 Å². The molecule has 0 radical (unpaired) electrons. The van der Waals surface area contributed by atoms with Gasteiger partial charge < -0.3 is 15.8 Å². The maximum absolute atomic E-state index is 12.3. The summed E-state index contributed by atoms with van der Waals surface area (Å²) in [5.41, 5.74) is 9.55. The molecule has 1 aromatic carbocycles. The lowest BCUT2D eigenvalue weighted by Gasteiger charge is -2.17. The van der Waals surface area contributed by atoms with Gasteiger partial charge in [0, 0.05) is 23.7 Å². The van der Waals surface area contributed by atoms with Crippen molar-refractivity contribution in [2.45, 2.75) is 38.6 Å². The molecule has 0 saturated heterocycles. The highest BCUT2D eigenvalue weighted by molar-refractivity contribution is 5.97. The van der Waals surface area contributed by atoms with Crippen molar-refractivity contribution in [2.24, 2.45) is 5.73 Å². The van der Waals surface area contributed by atoms with Crippen LogP contribution in [0.1, 0.15) is 43.2 Å². The number of fused-ring (bicyclic) bond motifs is 4. The van der Waals surface area contributed by atoms with Crippen LogP contribution in [-0.4, -0.2) is 29.1 Å². The number of carbonyl (C=O) groups excluding carboxylic acids is 2. The number of nitrogens with one attached hydrogen (secondary N) is 2. The summed E-state index contributed by atoms with van der Waals surface area (Å²) in [7, 11) is 1.29. The molecule has 2 bridgehead atoms. The minimum atomic E-state index is -0.583. The molecule has 8 nitrogen and oxygen atoms in total. The monoisotopic (exact) mass is 369 g/mol. The summed E-state index contributed by atoms with van der Waals surface area (Å²) in [6.45, 7) is 1.82. The van der Waals surface area contributed by atoms with Gasteiger partial charge in [0.05, 0.1) is 24.2 Å². The van der Waals surface area contributed by atoms with E-state index in [1.165, 1.54) is 7.11 Å². The van der Waals surface area contributed by atoms with Crippen LogP contribution in [0.25, 0.3) is 11.3 Å². The molecule has 0 saturated carbocycles. The fourth-order valence-corrected chi connectivity index (χ4v) is 3.05. The zero-order chi connectivity index (χ0) is 19.4. The van der Waals surface area contributed by atoms with Crippen molar-refractivity contribution in [3.8, 4) is 11.3 Å². The van der Waals surface area contributed by atoms with E-state index in [0.717, 1.165) is 30.5 Å². The molecule has 0 spiro atoms. The van der Waals surface area contributed by atoms with Crippen LogP contribution in [0.15, 0.2) is 24.3 Å². The number of amides is 2. The van der Waals surface area contributed by atoms with E-state index < -0.39 is 6.09 Å². The molecule has 1 unspecified atom stereocenters. The summed E-state index contributed by atoms with van der Waals surface area (Å²) in [4.78, 5) is 32.8. The summed E-state index contributed by atoms with van der Waals surface area (Å²) in [5, 5.41) is 5.53. The Morgan fingerprint density at radius 1 is 1.30 bits per heavy atom. The van der Waals surface area contributed by atoms with Crippen molar-refractivity contribution in [3.05, 3.63) is 35.8 Å². The molecule has 0 aliphatic carbocycles. The summed E-state index contributed by atoms with van der Waals surface area (Å²) >= 11 is 0. The number of aryl methyl sites for hydroxylation is 1. The molecule has 0 fully saturated rings. The average Bonchev–Trinajstić information content (AvgIpc) is 2.64. The molecule has 2 amide bonds. The zero-order valence-corrected chi connectivity index (χ0v) is 15.4. The first-order chi connectivity index (χ1) is 13.0. The van der Waals surface area contributed by atoms with E-state index in [0.29, 0.717) is 29.3 Å². The lowest BCUT2D eigenvalue weighted by atomic mass is 10.0. The minimum absolute atomic E-state index is 0.0911.